The van der Waals surface area contributed by atoms with Crippen LogP contribution in [0.2, 0.25) is 18.1 Å². The predicted octanol–water partition coefficient (Wildman–Crippen LogP) is 9.31. The van der Waals surface area contributed by atoms with Crippen LogP contribution in [-0.2, 0) is 14.2 Å². The van der Waals surface area contributed by atoms with Crippen molar-refractivity contribution >= 4 is 18.0 Å². The summed E-state index contributed by atoms with van der Waals surface area (Å²) in [4.78, 5) is 0.722. The molecule has 6 heteroatoms. The van der Waals surface area contributed by atoms with Gasteiger partial charge in [-0.15, -0.1) is 0 Å². The van der Waals surface area contributed by atoms with Gasteiger partial charge in [-0.25, -0.2) is 8.57 Å². The van der Waals surface area contributed by atoms with Gasteiger partial charge in [0.05, 0.1) is 33.4 Å². The van der Waals surface area contributed by atoms with Gasteiger partial charge in [0.25, 0.3) is 0 Å². The maximum absolute atomic E-state index is 15.1. The van der Waals surface area contributed by atoms with E-state index < -0.39 is 24.2 Å². The second-order valence-electron chi connectivity index (χ2n) is 14.2. The lowest BCUT2D eigenvalue weighted by Gasteiger charge is -2.43. The summed E-state index contributed by atoms with van der Waals surface area (Å²) >= 11 is 0. The molecule has 4 atom stereocenters. The van der Waals surface area contributed by atoms with Crippen LogP contribution < -0.4 is 0 Å². The lowest BCUT2D eigenvalue weighted by Crippen LogP contribution is -2.43. The van der Waals surface area contributed by atoms with Crippen LogP contribution in [-0.4, -0.2) is 30.3 Å². The third-order valence-electron chi connectivity index (χ3n) is 9.14. The summed E-state index contributed by atoms with van der Waals surface area (Å²) in [5.41, 5.74) is 2.93. The first-order valence-corrected chi connectivity index (χ1v) is 19.4. The minimum Gasteiger partial charge on any atom is -0.415 e. The van der Waals surface area contributed by atoms with Gasteiger partial charge in [-0.1, -0.05) is 102 Å². The molecule has 3 rings (SSSR count). The molecule has 0 spiro atoms. The van der Waals surface area contributed by atoms with Gasteiger partial charge in [-0.05, 0) is 73.3 Å². The molecule has 1 N–H and O–H groups in total. The molecule has 0 saturated heterocycles. The average molecular weight is 584 g/mol. The summed E-state index contributed by atoms with van der Waals surface area (Å²) in [5, 5.41) is 13.7. The molecular formula is C34H53NO3SSi. The summed E-state index contributed by atoms with van der Waals surface area (Å²) < 4.78 is 26.9. The number of nitrogens with zero attached hydrogens (tertiary/aromatic N) is 1. The van der Waals surface area contributed by atoms with E-state index in [-0.39, 0.29) is 28.3 Å². The van der Waals surface area contributed by atoms with Gasteiger partial charge in [-0.3, -0.25) is 0 Å². The Labute approximate surface area is 246 Å². The van der Waals surface area contributed by atoms with Gasteiger partial charge in [-0.2, -0.15) is 0 Å². The number of benzene rings is 2. The van der Waals surface area contributed by atoms with Crippen LogP contribution in [0.15, 0.2) is 74.8 Å². The Morgan fingerprint density at radius 2 is 1.70 bits per heavy atom. The number of aliphatic hydroxyl groups is 1. The molecule has 1 aliphatic rings. The minimum absolute atomic E-state index is 0.0867. The maximum Gasteiger partial charge on any atom is 0.192 e. The average Bonchev–Trinajstić information content (AvgIpc) is 2.86. The second-order valence-corrected chi connectivity index (χ2v) is 21.1. The molecule has 0 unspecified atom stereocenters. The molecule has 0 bridgehead atoms. The van der Waals surface area contributed by atoms with Crippen molar-refractivity contribution in [1.29, 1.82) is 0 Å². The molecule has 0 aliphatic heterocycles. The Morgan fingerprint density at radius 3 is 2.25 bits per heavy atom. The molecule has 0 heterocycles. The van der Waals surface area contributed by atoms with Crippen LogP contribution in [0.1, 0.15) is 85.0 Å². The Hall–Kier alpha value is -1.73. The Kier molecular flexibility index (Phi) is 10.4. The largest absolute Gasteiger partial charge is 0.415 e. The zero-order chi connectivity index (χ0) is 29.9. The number of rotatable bonds is 9. The topological polar surface area (TPSA) is 58.9 Å². The Bertz CT molecular complexity index is 1270. The molecule has 40 heavy (non-hydrogen) atoms. The molecule has 0 radical (unpaired) electrons. The van der Waals surface area contributed by atoms with Crippen molar-refractivity contribution in [3.63, 3.8) is 0 Å². The van der Waals surface area contributed by atoms with E-state index in [0.717, 1.165) is 40.9 Å². The Morgan fingerprint density at radius 1 is 1.10 bits per heavy atom. The molecule has 1 aliphatic carbocycles. The third kappa shape index (κ3) is 7.75. The van der Waals surface area contributed by atoms with Crippen LogP contribution in [0, 0.1) is 24.2 Å². The fourth-order valence-corrected chi connectivity index (χ4v) is 8.57. The highest BCUT2D eigenvalue weighted by atomic mass is 32.2. The zero-order valence-corrected chi connectivity index (χ0v) is 28.3. The van der Waals surface area contributed by atoms with Crippen LogP contribution >= 0.6 is 0 Å². The van der Waals surface area contributed by atoms with Crippen molar-refractivity contribution in [2.45, 2.75) is 110 Å². The normalized spacial score (nSPS) is 22.1. The van der Waals surface area contributed by atoms with E-state index in [9.17, 15) is 5.11 Å². The van der Waals surface area contributed by atoms with E-state index in [1.165, 1.54) is 0 Å². The van der Waals surface area contributed by atoms with Crippen molar-refractivity contribution in [2.24, 2.45) is 21.6 Å². The summed E-state index contributed by atoms with van der Waals surface area (Å²) in [6, 6.07) is 17.6. The SMILES string of the molecule is Cc1ccc([S@](=O)(/C=C2/CCCC(C)(C)[C@@H]2[C@H](O)c2ccccc2)=N[C@@H](CO[Si](C)(C)C(C)(C)C)C(C)C)cc1. The van der Waals surface area contributed by atoms with Crippen LogP contribution in [0.4, 0.5) is 0 Å². The van der Waals surface area contributed by atoms with Gasteiger partial charge in [0.15, 0.2) is 8.32 Å². The number of aliphatic hydroxyl groups excluding tert-OH is 1. The van der Waals surface area contributed by atoms with Crippen LogP contribution in [0.3, 0.4) is 0 Å². The number of hydrogen-bond donors (Lipinski definition) is 1. The maximum atomic E-state index is 15.1. The highest BCUT2D eigenvalue weighted by molar-refractivity contribution is 7.96. The van der Waals surface area contributed by atoms with Gasteiger partial charge in [0, 0.05) is 11.3 Å². The van der Waals surface area contributed by atoms with Crippen molar-refractivity contribution in [3.05, 3.63) is 76.7 Å². The Balaban J connectivity index is 2.16. The molecule has 222 valence electrons. The van der Waals surface area contributed by atoms with E-state index in [4.69, 9.17) is 8.79 Å². The standard InChI is InChI=1S/C34H53NO3SSi/c1-25(2)30(23-38-40(9,10)33(4,5)6)35-39(37,29-20-18-26(3)19-21-29)24-28-17-14-22-34(7,8)31(28)32(36)27-15-12-11-13-16-27/h11-13,15-16,18-21,24-25,30-32,36H,14,17,22-23H2,1-10H3/b28-24-/t30-,31-,32+,39+/m0/s1. The van der Waals surface area contributed by atoms with Crippen molar-refractivity contribution in [3.8, 4) is 0 Å². The number of hydrogen-bond acceptors (Lipinski definition) is 4. The van der Waals surface area contributed by atoms with E-state index in [1.54, 1.807) is 0 Å². The highest BCUT2D eigenvalue weighted by Gasteiger charge is 2.41. The molecular weight excluding hydrogens is 531 g/mol. The quantitative estimate of drug-likeness (QED) is 0.299. The lowest BCUT2D eigenvalue weighted by molar-refractivity contribution is 0.0363. The van der Waals surface area contributed by atoms with Crippen molar-refractivity contribution in [2.75, 3.05) is 6.61 Å². The van der Waals surface area contributed by atoms with E-state index >= 15 is 4.21 Å². The summed E-state index contributed by atoms with van der Waals surface area (Å²) in [6.45, 7) is 22.5. The molecule has 2 aromatic rings. The molecule has 4 nitrogen and oxygen atoms in total. The van der Waals surface area contributed by atoms with Gasteiger partial charge in [0.2, 0.25) is 0 Å². The predicted molar refractivity (Wildman–Crippen MR) is 172 cm³/mol. The molecule has 2 aromatic carbocycles. The third-order valence-corrected chi connectivity index (χ3v) is 15.8. The van der Waals surface area contributed by atoms with E-state index in [2.05, 4.69) is 61.6 Å². The molecule has 1 fully saturated rings. The van der Waals surface area contributed by atoms with Gasteiger partial charge < -0.3 is 9.53 Å². The lowest BCUT2D eigenvalue weighted by atomic mass is 9.63. The van der Waals surface area contributed by atoms with Crippen molar-refractivity contribution < 1.29 is 13.7 Å². The molecule has 1 saturated carbocycles. The van der Waals surface area contributed by atoms with Crippen LogP contribution in [0.5, 0.6) is 0 Å². The first-order chi connectivity index (χ1) is 18.5. The molecule has 0 aromatic heterocycles. The first-order valence-electron chi connectivity index (χ1n) is 14.9. The summed E-state index contributed by atoms with van der Waals surface area (Å²) in [5.74, 6) is 0.0223. The summed E-state index contributed by atoms with van der Waals surface area (Å²) in [7, 11) is -4.94. The first kappa shape index (κ1) is 32.8. The second kappa shape index (κ2) is 12.6. The van der Waals surface area contributed by atoms with E-state index in [0.29, 0.717) is 6.61 Å². The fourth-order valence-electron chi connectivity index (χ4n) is 5.32. The summed E-state index contributed by atoms with van der Waals surface area (Å²) in [6.07, 6.45) is 2.15. The molecule has 0 amide bonds. The van der Waals surface area contributed by atoms with Gasteiger partial charge in [0.1, 0.15) is 0 Å². The number of aryl methyl sites for hydroxylation is 1. The van der Waals surface area contributed by atoms with Crippen molar-refractivity contribution in [1.82, 2.24) is 0 Å². The van der Waals surface area contributed by atoms with Gasteiger partial charge >= 0.3 is 0 Å². The highest BCUT2D eigenvalue weighted by Crippen LogP contribution is 2.50. The fraction of sp³-hybridized carbons (Fsp3) is 0.588. The monoisotopic (exact) mass is 583 g/mol. The zero-order valence-electron chi connectivity index (χ0n) is 26.5. The van der Waals surface area contributed by atoms with E-state index in [1.807, 2.05) is 66.9 Å². The minimum atomic E-state index is -2.94. The van der Waals surface area contributed by atoms with Crippen LogP contribution in [0.25, 0.3) is 0 Å². The smallest absolute Gasteiger partial charge is 0.192 e.